The Bertz CT molecular complexity index is 546. The van der Waals surface area contributed by atoms with Gasteiger partial charge in [0.1, 0.15) is 12.4 Å². The molecule has 2 rings (SSSR count). The maximum absolute atomic E-state index is 5.87. The monoisotopic (exact) mass is 259 g/mol. The molecule has 0 aliphatic rings. The molecule has 0 radical (unpaired) electrons. The lowest BCUT2D eigenvalue weighted by Gasteiger charge is -2.10. The zero-order valence-electron chi connectivity index (χ0n) is 11.8. The van der Waals surface area contributed by atoms with Crippen LogP contribution in [-0.2, 0) is 20.1 Å². The van der Waals surface area contributed by atoms with Crippen LogP contribution in [0.5, 0.6) is 5.75 Å². The fourth-order valence-corrected chi connectivity index (χ4v) is 1.92. The predicted octanol–water partition coefficient (Wildman–Crippen LogP) is 2.58. The van der Waals surface area contributed by atoms with Gasteiger partial charge in [-0.2, -0.15) is 5.10 Å². The minimum atomic E-state index is 0.0203. The first-order valence-corrected chi connectivity index (χ1v) is 6.60. The molecule has 4 nitrogen and oxygen atoms in total. The van der Waals surface area contributed by atoms with E-state index in [1.54, 1.807) is 0 Å². The number of rotatable bonds is 5. The number of aromatic nitrogens is 2. The van der Waals surface area contributed by atoms with E-state index in [1.165, 1.54) is 0 Å². The normalized spacial score (nSPS) is 12.4. The highest BCUT2D eigenvalue weighted by atomic mass is 16.5. The summed E-state index contributed by atoms with van der Waals surface area (Å²) in [4.78, 5) is 0. The smallest absolute Gasteiger partial charge is 0.130 e. The van der Waals surface area contributed by atoms with Gasteiger partial charge in [-0.1, -0.05) is 19.1 Å². The first-order chi connectivity index (χ1) is 9.10. The van der Waals surface area contributed by atoms with Gasteiger partial charge in [0, 0.05) is 13.1 Å². The Labute approximate surface area is 114 Å². The molecule has 1 atom stereocenters. The van der Waals surface area contributed by atoms with E-state index in [1.807, 2.05) is 42.9 Å². The van der Waals surface area contributed by atoms with Crippen LogP contribution in [0.25, 0.3) is 0 Å². The van der Waals surface area contributed by atoms with Gasteiger partial charge in [0.15, 0.2) is 0 Å². The van der Waals surface area contributed by atoms with Crippen LogP contribution in [0.2, 0.25) is 0 Å². The van der Waals surface area contributed by atoms with Gasteiger partial charge in [-0.05, 0) is 37.1 Å². The molecule has 1 aromatic heterocycles. The van der Waals surface area contributed by atoms with E-state index in [4.69, 9.17) is 10.5 Å². The van der Waals surface area contributed by atoms with Gasteiger partial charge in [-0.3, -0.25) is 4.68 Å². The van der Waals surface area contributed by atoms with Crippen LogP contribution in [-0.4, -0.2) is 9.78 Å². The minimum Gasteiger partial charge on any atom is -0.487 e. The average Bonchev–Trinajstić information content (AvgIpc) is 2.77. The summed E-state index contributed by atoms with van der Waals surface area (Å²) in [6.07, 6.45) is 0.939. The molecule has 0 saturated carbocycles. The van der Waals surface area contributed by atoms with Gasteiger partial charge < -0.3 is 10.5 Å². The number of hydrogen-bond acceptors (Lipinski definition) is 3. The van der Waals surface area contributed by atoms with Crippen molar-refractivity contribution < 1.29 is 4.74 Å². The lowest BCUT2D eigenvalue weighted by atomic mass is 10.1. The van der Waals surface area contributed by atoms with E-state index < -0.39 is 0 Å². The maximum Gasteiger partial charge on any atom is 0.130 e. The summed E-state index contributed by atoms with van der Waals surface area (Å²) in [5.74, 6) is 0.842. The van der Waals surface area contributed by atoms with E-state index in [0.717, 1.165) is 29.1 Å². The molecule has 0 bridgehead atoms. The lowest BCUT2D eigenvalue weighted by Crippen LogP contribution is -2.06. The molecule has 1 aromatic carbocycles. The first-order valence-electron chi connectivity index (χ1n) is 6.60. The summed E-state index contributed by atoms with van der Waals surface area (Å²) in [6, 6.07) is 10.0. The van der Waals surface area contributed by atoms with E-state index in [-0.39, 0.29) is 6.04 Å². The Morgan fingerprint density at radius 2 is 2.16 bits per heavy atom. The average molecular weight is 259 g/mol. The first kappa shape index (κ1) is 13.6. The molecule has 4 heteroatoms. The summed E-state index contributed by atoms with van der Waals surface area (Å²) in [5.41, 5.74) is 9.11. The fraction of sp³-hybridized carbons (Fsp3) is 0.400. The Morgan fingerprint density at radius 1 is 1.37 bits per heavy atom. The van der Waals surface area contributed by atoms with E-state index >= 15 is 0 Å². The Morgan fingerprint density at radius 3 is 2.79 bits per heavy atom. The van der Waals surface area contributed by atoms with Gasteiger partial charge >= 0.3 is 0 Å². The molecule has 1 heterocycles. The topological polar surface area (TPSA) is 53.1 Å². The van der Waals surface area contributed by atoms with Crippen LogP contribution in [0, 0.1) is 0 Å². The number of nitrogens with zero attached hydrogens (tertiary/aromatic N) is 2. The molecule has 2 aromatic rings. The standard InChI is InChI=1S/C15H21N3O/c1-4-13-9-14(18(3)17-13)10-19-15-7-5-6-12(8-15)11(2)16/h5-9,11H,4,10,16H2,1-3H3. The van der Waals surface area contributed by atoms with Crippen LogP contribution in [0.4, 0.5) is 0 Å². The number of hydrogen-bond donors (Lipinski definition) is 1. The van der Waals surface area contributed by atoms with E-state index in [2.05, 4.69) is 18.1 Å². The molecule has 0 aliphatic carbocycles. The van der Waals surface area contributed by atoms with Crippen molar-refractivity contribution in [1.82, 2.24) is 9.78 Å². The summed E-state index contributed by atoms with van der Waals surface area (Å²) in [7, 11) is 1.94. The summed E-state index contributed by atoms with van der Waals surface area (Å²) in [5, 5.41) is 4.40. The maximum atomic E-state index is 5.87. The van der Waals surface area contributed by atoms with Crippen molar-refractivity contribution >= 4 is 0 Å². The third kappa shape index (κ3) is 3.35. The van der Waals surface area contributed by atoms with Crippen LogP contribution in [0.3, 0.4) is 0 Å². The molecule has 0 amide bonds. The third-order valence-electron chi connectivity index (χ3n) is 3.16. The number of ether oxygens (including phenoxy) is 1. The van der Waals surface area contributed by atoms with Crippen molar-refractivity contribution in [3.05, 3.63) is 47.3 Å². The van der Waals surface area contributed by atoms with Crippen molar-refractivity contribution in [2.24, 2.45) is 12.8 Å². The zero-order chi connectivity index (χ0) is 13.8. The molecule has 0 aliphatic heterocycles. The quantitative estimate of drug-likeness (QED) is 0.898. The highest BCUT2D eigenvalue weighted by molar-refractivity contribution is 5.30. The SMILES string of the molecule is CCc1cc(COc2cccc(C(C)N)c2)n(C)n1. The van der Waals surface area contributed by atoms with Crippen LogP contribution in [0.1, 0.15) is 36.8 Å². The molecule has 2 N–H and O–H groups in total. The molecular weight excluding hydrogens is 238 g/mol. The zero-order valence-corrected chi connectivity index (χ0v) is 11.8. The highest BCUT2D eigenvalue weighted by Gasteiger charge is 2.06. The molecule has 0 spiro atoms. The highest BCUT2D eigenvalue weighted by Crippen LogP contribution is 2.18. The van der Waals surface area contributed by atoms with Crippen molar-refractivity contribution in [1.29, 1.82) is 0 Å². The van der Waals surface area contributed by atoms with E-state index in [0.29, 0.717) is 6.61 Å². The molecular formula is C15H21N3O. The van der Waals surface area contributed by atoms with Crippen molar-refractivity contribution in [3.8, 4) is 5.75 Å². The fourth-order valence-electron chi connectivity index (χ4n) is 1.92. The number of aryl methyl sites for hydroxylation is 2. The Hall–Kier alpha value is -1.81. The summed E-state index contributed by atoms with van der Waals surface area (Å²) in [6.45, 7) is 4.58. The largest absolute Gasteiger partial charge is 0.487 e. The van der Waals surface area contributed by atoms with Crippen molar-refractivity contribution in [2.75, 3.05) is 0 Å². The molecule has 102 valence electrons. The second-order valence-electron chi connectivity index (χ2n) is 4.75. The second kappa shape index (κ2) is 5.89. The molecule has 1 unspecified atom stereocenters. The van der Waals surface area contributed by atoms with Crippen molar-refractivity contribution in [2.45, 2.75) is 32.9 Å². The van der Waals surface area contributed by atoms with E-state index in [9.17, 15) is 0 Å². The predicted molar refractivity (Wildman–Crippen MR) is 76.0 cm³/mol. The van der Waals surface area contributed by atoms with Crippen molar-refractivity contribution in [3.63, 3.8) is 0 Å². The van der Waals surface area contributed by atoms with Crippen LogP contribution in [0.15, 0.2) is 30.3 Å². The molecule has 0 saturated heterocycles. The molecule has 0 fully saturated rings. The molecule has 19 heavy (non-hydrogen) atoms. The lowest BCUT2D eigenvalue weighted by molar-refractivity contribution is 0.294. The Kier molecular flexibility index (Phi) is 4.22. The van der Waals surface area contributed by atoms with Crippen LogP contribution < -0.4 is 10.5 Å². The minimum absolute atomic E-state index is 0.0203. The van der Waals surface area contributed by atoms with Crippen LogP contribution >= 0.6 is 0 Å². The second-order valence-corrected chi connectivity index (χ2v) is 4.75. The third-order valence-corrected chi connectivity index (χ3v) is 3.16. The number of nitrogens with two attached hydrogens (primary N) is 1. The summed E-state index contributed by atoms with van der Waals surface area (Å²) >= 11 is 0. The van der Waals surface area contributed by atoms with Gasteiger partial charge in [-0.15, -0.1) is 0 Å². The van der Waals surface area contributed by atoms with Gasteiger partial charge in [0.2, 0.25) is 0 Å². The van der Waals surface area contributed by atoms with Gasteiger partial charge in [-0.25, -0.2) is 0 Å². The Balaban J connectivity index is 2.05. The number of benzene rings is 1. The van der Waals surface area contributed by atoms with Gasteiger partial charge in [0.05, 0.1) is 11.4 Å². The summed E-state index contributed by atoms with van der Waals surface area (Å²) < 4.78 is 7.67. The van der Waals surface area contributed by atoms with Gasteiger partial charge in [0.25, 0.3) is 0 Å².